The summed E-state index contributed by atoms with van der Waals surface area (Å²) in [5.74, 6) is 0.1000. The predicted molar refractivity (Wildman–Crippen MR) is 131 cm³/mol. The van der Waals surface area contributed by atoms with Crippen LogP contribution in [0.15, 0.2) is 66.9 Å². The monoisotopic (exact) mass is 453 g/mol. The van der Waals surface area contributed by atoms with E-state index in [0.29, 0.717) is 23.7 Å². The van der Waals surface area contributed by atoms with Gasteiger partial charge in [0.25, 0.3) is 0 Å². The van der Waals surface area contributed by atoms with Gasteiger partial charge in [-0.3, -0.25) is 9.89 Å². The van der Waals surface area contributed by atoms with Gasteiger partial charge in [0.1, 0.15) is 18.2 Å². The molecule has 6 N–H and O–H groups in total. The van der Waals surface area contributed by atoms with Gasteiger partial charge in [0.15, 0.2) is 0 Å². The largest absolute Gasteiger partial charge is 0.487 e. The number of carboxylic acids is 1. The molecule has 0 fully saturated rings. The molecule has 34 heavy (non-hydrogen) atoms. The van der Waals surface area contributed by atoms with Crippen LogP contribution in [0.2, 0.25) is 0 Å². The number of benzene rings is 3. The number of ether oxygens (including phenoxy) is 1. The van der Waals surface area contributed by atoms with Crippen molar-refractivity contribution in [2.75, 3.05) is 5.73 Å². The summed E-state index contributed by atoms with van der Waals surface area (Å²) in [5, 5.41) is 19.5. The van der Waals surface area contributed by atoms with Crippen molar-refractivity contribution in [2.24, 2.45) is 5.73 Å². The van der Waals surface area contributed by atoms with Gasteiger partial charge in [-0.25, -0.2) is 4.98 Å². The third kappa shape index (κ3) is 3.91. The van der Waals surface area contributed by atoms with Gasteiger partial charge in [-0.05, 0) is 46.3 Å². The highest BCUT2D eigenvalue weighted by atomic mass is 16.5. The molecule has 2 aromatic heterocycles. The molecular weight excluding hydrogens is 430 g/mol. The third-order valence-electron chi connectivity index (χ3n) is 5.87. The minimum atomic E-state index is -0.911. The zero-order chi connectivity index (χ0) is 23.7. The van der Waals surface area contributed by atoms with Crippen molar-refractivity contribution in [3.8, 4) is 16.9 Å². The first-order valence-corrected chi connectivity index (χ1v) is 10.8. The van der Waals surface area contributed by atoms with E-state index < -0.39 is 5.97 Å². The van der Waals surface area contributed by atoms with E-state index in [-0.39, 0.29) is 13.0 Å². The highest BCUT2D eigenvalue weighted by Gasteiger charge is 2.15. The second-order valence-corrected chi connectivity index (χ2v) is 8.00. The SMILES string of the molecule is NCc1cc(-c2cccc3c(N)nccc23)cc2c(COc3ccccc3CC(=O)O)[nH]nc12. The van der Waals surface area contributed by atoms with Crippen LogP contribution < -0.4 is 16.2 Å². The van der Waals surface area contributed by atoms with Crippen molar-refractivity contribution in [3.05, 3.63) is 83.7 Å². The highest BCUT2D eigenvalue weighted by molar-refractivity contribution is 6.03. The quantitative estimate of drug-likeness (QED) is 0.292. The predicted octanol–water partition coefficient (Wildman–Crippen LogP) is 4.03. The molecule has 0 unspecified atom stereocenters. The van der Waals surface area contributed by atoms with Crippen molar-refractivity contribution in [1.29, 1.82) is 0 Å². The standard InChI is InChI=1S/C26H23N5O3/c27-13-17-10-16(18-5-3-6-20-19(18)8-9-29-26(20)28)11-21-22(30-31-25(17)21)14-34-23-7-2-1-4-15(23)12-24(32)33/h1-11H,12-14,27H2,(H2,28,29)(H,30,31)(H,32,33). The van der Waals surface area contributed by atoms with Crippen LogP contribution in [0.1, 0.15) is 16.8 Å². The summed E-state index contributed by atoms with van der Waals surface area (Å²) in [7, 11) is 0. The zero-order valence-corrected chi connectivity index (χ0v) is 18.3. The summed E-state index contributed by atoms with van der Waals surface area (Å²) in [5.41, 5.74) is 17.2. The summed E-state index contributed by atoms with van der Waals surface area (Å²) < 4.78 is 6.00. The minimum Gasteiger partial charge on any atom is -0.487 e. The second-order valence-electron chi connectivity index (χ2n) is 8.00. The molecule has 5 aromatic rings. The number of aliphatic carboxylic acids is 1. The maximum atomic E-state index is 11.2. The van der Waals surface area contributed by atoms with Crippen LogP contribution in [-0.2, 0) is 24.4 Å². The molecule has 0 amide bonds. The number of para-hydroxylation sites is 1. The molecule has 3 aromatic carbocycles. The van der Waals surface area contributed by atoms with Crippen LogP contribution in [-0.4, -0.2) is 26.3 Å². The molecule has 0 bridgehead atoms. The molecule has 170 valence electrons. The molecule has 0 saturated carbocycles. The number of rotatable bonds is 7. The molecule has 0 spiro atoms. The van der Waals surface area contributed by atoms with E-state index in [2.05, 4.69) is 21.2 Å². The molecule has 0 aliphatic heterocycles. The molecule has 0 aliphatic rings. The number of hydrogen-bond acceptors (Lipinski definition) is 6. The lowest BCUT2D eigenvalue weighted by Crippen LogP contribution is -2.04. The van der Waals surface area contributed by atoms with Crippen molar-refractivity contribution < 1.29 is 14.6 Å². The highest BCUT2D eigenvalue weighted by Crippen LogP contribution is 2.34. The van der Waals surface area contributed by atoms with Crippen molar-refractivity contribution in [2.45, 2.75) is 19.6 Å². The van der Waals surface area contributed by atoms with Gasteiger partial charge >= 0.3 is 5.97 Å². The van der Waals surface area contributed by atoms with Gasteiger partial charge in [-0.1, -0.05) is 36.4 Å². The van der Waals surface area contributed by atoms with E-state index in [1.165, 1.54) is 0 Å². The number of aromatic amines is 1. The maximum Gasteiger partial charge on any atom is 0.307 e. The first-order valence-electron chi connectivity index (χ1n) is 10.8. The first kappa shape index (κ1) is 21.4. The van der Waals surface area contributed by atoms with Crippen LogP contribution >= 0.6 is 0 Å². The lowest BCUT2D eigenvalue weighted by molar-refractivity contribution is -0.136. The number of H-pyrrole nitrogens is 1. The normalized spacial score (nSPS) is 11.2. The fraction of sp³-hybridized carbons (Fsp3) is 0.115. The average molecular weight is 454 g/mol. The minimum absolute atomic E-state index is 0.111. The number of carboxylic acid groups (broad SMARTS) is 1. The Labute approximate surface area is 195 Å². The number of anilines is 1. The maximum absolute atomic E-state index is 11.2. The van der Waals surface area contributed by atoms with Crippen molar-refractivity contribution in [1.82, 2.24) is 15.2 Å². The van der Waals surface area contributed by atoms with Gasteiger partial charge in [0.2, 0.25) is 0 Å². The number of hydrogen-bond donors (Lipinski definition) is 4. The molecule has 8 nitrogen and oxygen atoms in total. The van der Waals surface area contributed by atoms with Gasteiger partial charge < -0.3 is 21.3 Å². The summed E-state index contributed by atoms with van der Waals surface area (Å²) in [6.07, 6.45) is 1.59. The lowest BCUT2D eigenvalue weighted by Gasteiger charge is -2.12. The van der Waals surface area contributed by atoms with Gasteiger partial charge in [0, 0.05) is 29.1 Å². The summed E-state index contributed by atoms with van der Waals surface area (Å²) in [6.45, 7) is 0.526. The number of nitrogens with one attached hydrogen (secondary N) is 1. The molecule has 2 heterocycles. The topological polar surface area (TPSA) is 140 Å². The third-order valence-corrected chi connectivity index (χ3v) is 5.87. The number of nitrogen functional groups attached to an aromatic ring is 1. The van der Waals surface area contributed by atoms with Gasteiger partial charge in [-0.2, -0.15) is 5.10 Å². The van der Waals surface area contributed by atoms with Gasteiger partial charge in [-0.15, -0.1) is 0 Å². The molecule has 8 heteroatoms. The van der Waals surface area contributed by atoms with Gasteiger partial charge in [0.05, 0.1) is 17.6 Å². The summed E-state index contributed by atoms with van der Waals surface area (Å²) >= 11 is 0. The van der Waals surface area contributed by atoms with Crippen LogP contribution in [0, 0.1) is 0 Å². The number of fused-ring (bicyclic) bond motifs is 2. The van der Waals surface area contributed by atoms with Crippen LogP contribution in [0.3, 0.4) is 0 Å². The van der Waals surface area contributed by atoms with Crippen LogP contribution in [0.5, 0.6) is 5.75 Å². The Hall–Kier alpha value is -4.43. The summed E-state index contributed by atoms with van der Waals surface area (Å²) in [4.78, 5) is 15.4. The number of aromatic nitrogens is 3. The molecule has 0 saturated heterocycles. The smallest absolute Gasteiger partial charge is 0.307 e. The Morgan fingerprint density at radius 3 is 2.68 bits per heavy atom. The molecule has 5 rings (SSSR count). The Bertz CT molecular complexity index is 1530. The fourth-order valence-corrected chi connectivity index (χ4v) is 4.25. The molecular formula is C26H23N5O3. The summed E-state index contributed by atoms with van der Waals surface area (Å²) in [6, 6.07) is 19.1. The van der Waals surface area contributed by atoms with E-state index in [4.69, 9.17) is 16.2 Å². The lowest BCUT2D eigenvalue weighted by atomic mass is 9.95. The zero-order valence-electron chi connectivity index (χ0n) is 18.3. The number of nitrogens with zero attached hydrogens (tertiary/aromatic N) is 2. The van der Waals surface area contributed by atoms with E-state index >= 15 is 0 Å². The average Bonchev–Trinajstić information content (AvgIpc) is 3.25. The van der Waals surface area contributed by atoms with E-state index in [9.17, 15) is 9.90 Å². The number of nitrogens with two attached hydrogens (primary N) is 2. The number of carbonyl (C=O) groups is 1. The van der Waals surface area contributed by atoms with E-state index in [1.807, 2.05) is 36.4 Å². The molecule has 0 atom stereocenters. The molecule has 0 radical (unpaired) electrons. The van der Waals surface area contributed by atoms with Crippen molar-refractivity contribution in [3.63, 3.8) is 0 Å². The second kappa shape index (κ2) is 8.84. The Morgan fingerprint density at radius 2 is 1.85 bits per heavy atom. The fourth-order valence-electron chi connectivity index (χ4n) is 4.25. The Morgan fingerprint density at radius 1 is 1.00 bits per heavy atom. The van der Waals surface area contributed by atoms with Crippen molar-refractivity contribution >= 4 is 33.5 Å². The van der Waals surface area contributed by atoms with E-state index in [0.717, 1.165) is 44.1 Å². The first-order chi connectivity index (χ1) is 16.5. The van der Waals surface area contributed by atoms with Crippen LogP contribution in [0.4, 0.5) is 5.82 Å². The Balaban J connectivity index is 1.56. The molecule has 0 aliphatic carbocycles. The van der Waals surface area contributed by atoms with Crippen LogP contribution in [0.25, 0.3) is 32.8 Å². The Kier molecular flexibility index (Phi) is 5.57. The number of pyridine rings is 1. The van der Waals surface area contributed by atoms with E-state index in [1.54, 1.807) is 24.4 Å².